The third-order valence-electron chi connectivity index (χ3n) is 2.70. The third-order valence-corrected chi connectivity index (χ3v) is 2.70. The van der Waals surface area contributed by atoms with Crippen molar-refractivity contribution in [3.63, 3.8) is 0 Å². The van der Waals surface area contributed by atoms with E-state index in [0.29, 0.717) is 13.0 Å². The van der Waals surface area contributed by atoms with Crippen molar-refractivity contribution in [2.45, 2.75) is 13.3 Å². The van der Waals surface area contributed by atoms with E-state index in [-0.39, 0.29) is 11.6 Å². The zero-order valence-corrected chi connectivity index (χ0v) is 10.3. The second kappa shape index (κ2) is 5.47. The van der Waals surface area contributed by atoms with Crippen molar-refractivity contribution in [3.8, 4) is 0 Å². The predicted molar refractivity (Wildman–Crippen MR) is 68.8 cm³/mol. The minimum atomic E-state index is -0.648. The fourth-order valence-electron chi connectivity index (χ4n) is 1.72. The molecule has 7 heteroatoms. The number of hydrogen-bond donors (Lipinski definition) is 3. The van der Waals surface area contributed by atoms with E-state index in [0.717, 1.165) is 11.1 Å². The van der Waals surface area contributed by atoms with Crippen LogP contribution in [-0.2, 0) is 6.42 Å². The molecule has 100 valence electrons. The monoisotopic (exact) mass is 264 g/mol. The second-order valence-electron chi connectivity index (χ2n) is 4.10. The molecule has 3 N–H and O–H groups in total. The minimum Gasteiger partial charge on any atom is -0.364 e. The molecule has 0 aliphatic rings. The van der Waals surface area contributed by atoms with Gasteiger partial charge in [-0.25, -0.2) is 14.3 Å². The van der Waals surface area contributed by atoms with E-state index in [1.54, 1.807) is 6.07 Å². The van der Waals surface area contributed by atoms with Crippen LogP contribution in [0.5, 0.6) is 0 Å². The van der Waals surface area contributed by atoms with Crippen LogP contribution in [0.3, 0.4) is 0 Å². The van der Waals surface area contributed by atoms with Gasteiger partial charge < -0.3 is 5.32 Å². The highest BCUT2D eigenvalue weighted by atomic mass is 19.1. The van der Waals surface area contributed by atoms with Crippen molar-refractivity contribution in [1.29, 1.82) is 0 Å². The number of aryl methyl sites for hydroxylation is 1. The van der Waals surface area contributed by atoms with Crippen LogP contribution in [0.25, 0.3) is 0 Å². The topological polar surface area (TPSA) is 90.6 Å². The number of rotatable bonds is 4. The Labute approximate surface area is 107 Å². The summed E-state index contributed by atoms with van der Waals surface area (Å²) in [6.07, 6.45) is 0.617. The summed E-state index contributed by atoms with van der Waals surface area (Å²) >= 11 is 0. The largest absolute Gasteiger partial charge is 0.364 e. The smallest absolute Gasteiger partial charge is 0.342 e. The number of nitrogens with zero attached hydrogens (tertiary/aromatic N) is 1. The van der Waals surface area contributed by atoms with E-state index in [9.17, 15) is 14.0 Å². The molecule has 0 aliphatic carbocycles. The van der Waals surface area contributed by atoms with E-state index in [1.165, 1.54) is 12.1 Å². The van der Waals surface area contributed by atoms with Gasteiger partial charge >= 0.3 is 5.69 Å². The van der Waals surface area contributed by atoms with Gasteiger partial charge in [-0.1, -0.05) is 6.07 Å². The summed E-state index contributed by atoms with van der Waals surface area (Å²) in [5.74, 6) is -0.215. The first-order chi connectivity index (χ1) is 9.06. The van der Waals surface area contributed by atoms with Gasteiger partial charge in [0.05, 0.1) is 0 Å². The molecule has 6 nitrogen and oxygen atoms in total. The van der Waals surface area contributed by atoms with E-state index >= 15 is 0 Å². The number of anilines is 1. The molecule has 2 aromatic rings. The van der Waals surface area contributed by atoms with Gasteiger partial charge in [-0.15, -0.1) is 5.10 Å². The SMILES string of the molecule is Cc1cc(F)ccc1CCNc1n[nH]c(=O)[nH]c1=O. The summed E-state index contributed by atoms with van der Waals surface area (Å²) in [5, 5.41) is 8.54. The molecule has 0 bridgehead atoms. The van der Waals surface area contributed by atoms with Crippen LogP contribution in [0.2, 0.25) is 0 Å². The Morgan fingerprint density at radius 2 is 2.16 bits per heavy atom. The number of H-pyrrole nitrogens is 2. The number of halogens is 1. The lowest BCUT2D eigenvalue weighted by atomic mass is 10.1. The minimum absolute atomic E-state index is 0.0550. The zero-order valence-electron chi connectivity index (χ0n) is 10.3. The number of aromatic nitrogens is 3. The summed E-state index contributed by atoms with van der Waals surface area (Å²) in [6, 6.07) is 4.56. The first kappa shape index (κ1) is 13.0. The van der Waals surface area contributed by atoms with Crippen molar-refractivity contribution < 1.29 is 4.39 Å². The molecule has 0 unspecified atom stereocenters. The maximum Gasteiger partial charge on any atom is 0.342 e. The third kappa shape index (κ3) is 3.27. The first-order valence-electron chi connectivity index (χ1n) is 5.74. The van der Waals surface area contributed by atoms with Gasteiger partial charge in [-0.3, -0.25) is 9.78 Å². The predicted octanol–water partition coefficient (Wildman–Crippen LogP) is 0.560. The van der Waals surface area contributed by atoms with E-state index < -0.39 is 11.2 Å². The molecule has 1 heterocycles. The average molecular weight is 264 g/mol. The van der Waals surface area contributed by atoms with Gasteiger partial charge in [-0.2, -0.15) is 0 Å². The van der Waals surface area contributed by atoms with E-state index in [4.69, 9.17) is 0 Å². The van der Waals surface area contributed by atoms with Crippen LogP contribution >= 0.6 is 0 Å². The Bertz CT molecular complexity index is 693. The molecule has 0 saturated heterocycles. The van der Waals surface area contributed by atoms with Gasteiger partial charge in [0.1, 0.15) is 5.82 Å². The van der Waals surface area contributed by atoms with Crippen LogP contribution in [0.4, 0.5) is 10.2 Å². The zero-order chi connectivity index (χ0) is 13.8. The summed E-state index contributed by atoms with van der Waals surface area (Å²) in [6.45, 7) is 2.28. The number of hydrogen-bond acceptors (Lipinski definition) is 4. The first-order valence-corrected chi connectivity index (χ1v) is 5.74. The van der Waals surface area contributed by atoms with E-state index in [1.807, 2.05) is 6.92 Å². The van der Waals surface area contributed by atoms with Gasteiger partial charge in [0.25, 0.3) is 5.56 Å². The Balaban J connectivity index is 2.00. The standard InChI is InChI=1S/C12H13FN4O2/c1-7-6-9(13)3-2-8(7)4-5-14-10-11(18)15-12(19)17-16-10/h2-3,6H,4-5H2,1H3,(H,14,16)(H2,15,17,18,19). The Kier molecular flexibility index (Phi) is 3.74. The fourth-order valence-corrected chi connectivity index (χ4v) is 1.72. The Hall–Kier alpha value is -2.44. The van der Waals surface area contributed by atoms with Crippen LogP contribution in [-0.4, -0.2) is 21.7 Å². The normalized spacial score (nSPS) is 10.4. The van der Waals surface area contributed by atoms with Gasteiger partial charge in [0.15, 0.2) is 0 Å². The molecule has 1 aromatic carbocycles. The van der Waals surface area contributed by atoms with Crippen molar-refractivity contribution in [3.05, 3.63) is 56.0 Å². The van der Waals surface area contributed by atoms with Gasteiger partial charge in [0, 0.05) is 6.54 Å². The molecule has 0 amide bonds. The highest BCUT2D eigenvalue weighted by Crippen LogP contribution is 2.10. The molecule has 2 rings (SSSR count). The fraction of sp³-hybridized carbons (Fsp3) is 0.250. The maximum atomic E-state index is 12.9. The van der Waals surface area contributed by atoms with Crippen molar-refractivity contribution >= 4 is 5.82 Å². The number of aromatic amines is 2. The summed E-state index contributed by atoms with van der Waals surface area (Å²) < 4.78 is 12.9. The lowest BCUT2D eigenvalue weighted by Gasteiger charge is -2.07. The van der Waals surface area contributed by atoms with Crippen molar-refractivity contribution in [2.75, 3.05) is 11.9 Å². The molecule has 0 spiro atoms. The summed E-state index contributed by atoms with van der Waals surface area (Å²) in [5.41, 5.74) is 0.615. The lowest BCUT2D eigenvalue weighted by molar-refractivity contribution is 0.625. The number of benzene rings is 1. The molecular weight excluding hydrogens is 251 g/mol. The van der Waals surface area contributed by atoms with Crippen LogP contribution < -0.4 is 16.6 Å². The van der Waals surface area contributed by atoms with E-state index in [2.05, 4.69) is 20.5 Å². The summed E-state index contributed by atoms with van der Waals surface area (Å²) in [4.78, 5) is 24.2. The molecule has 0 aliphatic heterocycles. The highest BCUT2D eigenvalue weighted by Gasteiger charge is 2.03. The van der Waals surface area contributed by atoms with Crippen LogP contribution in [0.15, 0.2) is 27.8 Å². The van der Waals surface area contributed by atoms with Crippen molar-refractivity contribution in [1.82, 2.24) is 15.2 Å². The van der Waals surface area contributed by atoms with Crippen LogP contribution in [0, 0.1) is 12.7 Å². The van der Waals surface area contributed by atoms with Crippen molar-refractivity contribution in [2.24, 2.45) is 0 Å². The maximum absolute atomic E-state index is 12.9. The van der Waals surface area contributed by atoms with Crippen LogP contribution in [0.1, 0.15) is 11.1 Å². The molecule has 0 atom stereocenters. The quantitative estimate of drug-likeness (QED) is 0.752. The highest BCUT2D eigenvalue weighted by molar-refractivity contribution is 5.31. The Morgan fingerprint density at radius 3 is 2.84 bits per heavy atom. The average Bonchev–Trinajstić information content (AvgIpc) is 2.34. The molecule has 1 aromatic heterocycles. The summed E-state index contributed by atoms with van der Waals surface area (Å²) in [7, 11) is 0. The van der Waals surface area contributed by atoms with Gasteiger partial charge in [-0.05, 0) is 36.6 Å². The second-order valence-corrected chi connectivity index (χ2v) is 4.10. The molecule has 19 heavy (non-hydrogen) atoms. The molecular formula is C12H13FN4O2. The molecule has 0 saturated carbocycles. The molecule has 0 radical (unpaired) electrons. The van der Waals surface area contributed by atoms with Gasteiger partial charge in [0.2, 0.25) is 5.82 Å². The number of nitrogens with one attached hydrogen (secondary N) is 3. The Morgan fingerprint density at radius 1 is 1.37 bits per heavy atom. The lowest BCUT2D eigenvalue weighted by Crippen LogP contribution is -2.27. The molecule has 0 fully saturated rings.